The van der Waals surface area contributed by atoms with Crippen molar-refractivity contribution in [1.29, 1.82) is 0 Å². The van der Waals surface area contributed by atoms with Crippen LogP contribution < -0.4 is 16.0 Å². The van der Waals surface area contributed by atoms with E-state index in [0.717, 1.165) is 18.5 Å². The van der Waals surface area contributed by atoms with Crippen molar-refractivity contribution in [2.75, 3.05) is 22.6 Å². The molecule has 1 aliphatic heterocycles. The minimum Gasteiger partial charge on any atom is -0.368 e. The zero-order valence-electron chi connectivity index (χ0n) is 13.1. The van der Waals surface area contributed by atoms with Crippen molar-refractivity contribution in [3.8, 4) is 0 Å². The van der Waals surface area contributed by atoms with Crippen molar-refractivity contribution in [2.24, 2.45) is 0 Å². The summed E-state index contributed by atoms with van der Waals surface area (Å²) in [5.41, 5.74) is 2.03. The topological polar surface area (TPSA) is 79.5 Å². The first-order chi connectivity index (χ1) is 11.7. The monoisotopic (exact) mass is 325 g/mol. The summed E-state index contributed by atoms with van der Waals surface area (Å²) in [5.74, 6) is -0.130. The van der Waals surface area contributed by atoms with Gasteiger partial charge in [0.1, 0.15) is 6.10 Å². The molecular formula is C18H19N3O3. The summed E-state index contributed by atoms with van der Waals surface area (Å²) in [6.07, 6.45) is 1.31. The van der Waals surface area contributed by atoms with Crippen LogP contribution >= 0.6 is 0 Å². The number of carbonyl (C=O) groups is 2. The fourth-order valence-corrected chi connectivity index (χ4v) is 2.46. The van der Waals surface area contributed by atoms with Gasteiger partial charge in [0.15, 0.2) is 0 Å². The summed E-state index contributed by atoms with van der Waals surface area (Å²) in [6.45, 7) is 0.636. The lowest BCUT2D eigenvalue weighted by Gasteiger charge is -2.11. The van der Waals surface area contributed by atoms with Crippen molar-refractivity contribution in [3.63, 3.8) is 0 Å². The second-order valence-electron chi connectivity index (χ2n) is 5.51. The molecule has 1 fully saturated rings. The van der Waals surface area contributed by atoms with Crippen LogP contribution in [0.3, 0.4) is 0 Å². The average Bonchev–Trinajstić information content (AvgIpc) is 3.12. The minimum absolute atomic E-state index is 0.130. The van der Waals surface area contributed by atoms with Crippen LogP contribution in [0.5, 0.6) is 0 Å². The van der Waals surface area contributed by atoms with Gasteiger partial charge in [-0.2, -0.15) is 0 Å². The van der Waals surface area contributed by atoms with Gasteiger partial charge in [-0.1, -0.05) is 18.2 Å². The molecule has 0 aromatic heterocycles. The van der Waals surface area contributed by atoms with Crippen LogP contribution in [-0.2, 0) is 9.53 Å². The Kier molecular flexibility index (Phi) is 5.08. The third-order valence-electron chi connectivity index (χ3n) is 3.66. The number of carbonyl (C=O) groups excluding carboxylic acids is 2. The van der Waals surface area contributed by atoms with Crippen molar-refractivity contribution in [3.05, 3.63) is 54.6 Å². The first-order valence-corrected chi connectivity index (χ1v) is 7.86. The molecule has 124 valence electrons. The Hall–Kier alpha value is -2.86. The Morgan fingerprint density at radius 2 is 1.42 bits per heavy atom. The number of benzene rings is 2. The highest BCUT2D eigenvalue weighted by molar-refractivity contribution is 6.00. The number of para-hydroxylation sites is 1. The fourth-order valence-electron chi connectivity index (χ4n) is 2.46. The molecule has 0 spiro atoms. The maximum atomic E-state index is 12.0. The van der Waals surface area contributed by atoms with Crippen molar-refractivity contribution in [1.82, 2.24) is 0 Å². The number of anilines is 3. The molecule has 6 nitrogen and oxygen atoms in total. The van der Waals surface area contributed by atoms with E-state index in [-0.39, 0.29) is 18.0 Å². The van der Waals surface area contributed by atoms with Gasteiger partial charge in [0.25, 0.3) is 5.91 Å². The van der Waals surface area contributed by atoms with E-state index in [9.17, 15) is 9.59 Å². The molecule has 1 saturated heterocycles. The SMILES string of the molecule is O=C(Nc1ccccc1)Nc1ccc(NC(=O)C2CCCO2)cc1. The van der Waals surface area contributed by atoms with Crippen molar-refractivity contribution < 1.29 is 14.3 Å². The first kappa shape index (κ1) is 16.0. The number of ether oxygens (including phenoxy) is 1. The molecule has 2 aromatic carbocycles. The molecule has 1 unspecified atom stereocenters. The molecule has 0 aliphatic carbocycles. The van der Waals surface area contributed by atoms with Crippen molar-refractivity contribution >= 4 is 29.0 Å². The van der Waals surface area contributed by atoms with Gasteiger partial charge in [0, 0.05) is 23.7 Å². The van der Waals surface area contributed by atoms with Gasteiger partial charge in [-0.25, -0.2) is 4.79 Å². The van der Waals surface area contributed by atoms with Crippen LogP contribution in [0.15, 0.2) is 54.6 Å². The van der Waals surface area contributed by atoms with E-state index >= 15 is 0 Å². The Morgan fingerprint density at radius 1 is 0.833 bits per heavy atom. The molecule has 24 heavy (non-hydrogen) atoms. The molecule has 3 rings (SSSR count). The second-order valence-corrected chi connectivity index (χ2v) is 5.51. The van der Waals surface area contributed by atoms with Gasteiger partial charge in [0.2, 0.25) is 0 Å². The second kappa shape index (κ2) is 7.61. The lowest BCUT2D eigenvalue weighted by Crippen LogP contribution is -2.26. The maximum Gasteiger partial charge on any atom is 0.323 e. The number of hydrogen-bond acceptors (Lipinski definition) is 3. The summed E-state index contributed by atoms with van der Waals surface area (Å²) in [4.78, 5) is 23.9. The highest BCUT2D eigenvalue weighted by atomic mass is 16.5. The van der Waals surface area contributed by atoms with E-state index < -0.39 is 0 Å². The molecule has 2 aromatic rings. The normalized spacial score (nSPS) is 16.4. The Bertz CT molecular complexity index is 695. The van der Waals surface area contributed by atoms with E-state index in [1.54, 1.807) is 24.3 Å². The smallest absolute Gasteiger partial charge is 0.323 e. The van der Waals surface area contributed by atoms with Gasteiger partial charge >= 0.3 is 6.03 Å². The van der Waals surface area contributed by atoms with Gasteiger partial charge in [-0.3, -0.25) is 4.79 Å². The molecule has 1 aliphatic rings. The van der Waals surface area contributed by atoms with E-state index in [0.29, 0.717) is 18.0 Å². The number of nitrogens with one attached hydrogen (secondary N) is 3. The first-order valence-electron chi connectivity index (χ1n) is 7.86. The summed E-state index contributed by atoms with van der Waals surface area (Å²) in [5, 5.41) is 8.29. The zero-order valence-corrected chi connectivity index (χ0v) is 13.1. The average molecular weight is 325 g/mol. The Balaban J connectivity index is 1.52. The molecule has 3 N–H and O–H groups in total. The largest absolute Gasteiger partial charge is 0.368 e. The Morgan fingerprint density at radius 3 is 2.00 bits per heavy atom. The van der Waals surface area contributed by atoms with E-state index in [4.69, 9.17) is 4.74 Å². The van der Waals surface area contributed by atoms with E-state index in [2.05, 4.69) is 16.0 Å². The summed E-state index contributed by atoms with van der Waals surface area (Å²) >= 11 is 0. The summed E-state index contributed by atoms with van der Waals surface area (Å²) in [6, 6.07) is 15.8. The van der Waals surface area contributed by atoms with Gasteiger partial charge in [-0.15, -0.1) is 0 Å². The summed E-state index contributed by atoms with van der Waals surface area (Å²) in [7, 11) is 0. The minimum atomic E-state index is -0.362. The van der Waals surface area contributed by atoms with Gasteiger partial charge in [-0.05, 0) is 49.2 Å². The van der Waals surface area contributed by atoms with Crippen molar-refractivity contribution in [2.45, 2.75) is 18.9 Å². The lowest BCUT2D eigenvalue weighted by molar-refractivity contribution is -0.124. The molecular weight excluding hydrogens is 306 g/mol. The molecule has 1 atom stereocenters. The van der Waals surface area contributed by atoms with Crippen LogP contribution in [0.25, 0.3) is 0 Å². The van der Waals surface area contributed by atoms with Gasteiger partial charge in [0.05, 0.1) is 0 Å². The highest BCUT2D eigenvalue weighted by Gasteiger charge is 2.23. The third kappa shape index (κ3) is 4.33. The van der Waals surface area contributed by atoms with E-state index in [1.165, 1.54) is 0 Å². The van der Waals surface area contributed by atoms with Crippen LogP contribution in [0.4, 0.5) is 21.9 Å². The predicted octanol–water partition coefficient (Wildman–Crippen LogP) is 3.45. The van der Waals surface area contributed by atoms with Crippen LogP contribution in [0.1, 0.15) is 12.8 Å². The molecule has 3 amide bonds. The molecule has 1 heterocycles. The number of hydrogen-bond donors (Lipinski definition) is 3. The standard InChI is InChI=1S/C18H19N3O3/c22-17(16-7-4-12-24-16)19-14-8-10-15(11-9-14)21-18(23)20-13-5-2-1-3-6-13/h1-3,5-6,8-11,16H,4,7,12H2,(H,19,22)(H2,20,21,23). The number of amides is 3. The van der Waals surface area contributed by atoms with E-state index in [1.807, 2.05) is 30.3 Å². The van der Waals surface area contributed by atoms with Gasteiger partial charge < -0.3 is 20.7 Å². The predicted molar refractivity (Wildman–Crippen MR) is 93.1 cm³/mol. The maximum absolute atomic E-state index is 12.0. The molecule has 6 heteroatoms. The summed E-state index contributed by atoms with van der Waals surface area (Å²) < 4.78 is 5.34. The Labute approximate surface area is 140 Å². The quantitative estimate of drug-likeness (QED) is 0.805. The fraction of sp³-hybridized carbons (Fsp3) is 0.222. The number of rotatable bonds is 4. The van der Waals surface area contributed by atoms with Crippen LogP contribution in [-0.4, -0.2) is 24.6 Å². The number of urea groups is 1. The molecule has 0 bridgehead atoms. The highest BCUT2D eigenvalue weighted by Crippen LogP contribution is 2.17. The van der Waals surface area contributed by atoms with Crippen LogP contribution in [0, 0.1) is 0 Å². The molecule has 0 saturated carbocycles. The lowest BCUT2D eigenvalue weighted by atomic mass is 10.2. The zero-order chi connectivity index (χ0) is 16.8. The molecule has 0 radical (unpaired) electrons. The van der Waals surface area contributed by atoms with Crippen LogP contribution in [0.2, 0.25) is 0 Å². The third-order valence-corrected chi connectivity index (χ3v) is 3.66.